The Bertz CT molecular complexity index is 715. The van der Waals surface area contributed by atoms with E-state index in [1.165, 1.54) is 0 Å². The zero-order valence-corrected chi connectivity index (χ0v) is 9.45. The van der Waals surface area contributed by atoms with Crippen LogP contribution in [0.25, 0.3) is 16.7 Å². The van der Waals surface area contributed by atoms with Crippen molar-refractivity contribution in [2.24, 2.45) is 5.73 Å². The normalized spacial score (nSPS) is 10.7. The van der Waals surface area contributed by atoms with Crippen molar-refractivity contribution in [2.75, 3.05) is 0 Å². The molecule has 2 N–H and O–H groups in total. The van der Waals surface area contributed by atoms with Gasteiger partial charge in [-0.1, -0.05) is 17.3 Å². The SMILES string of the molecule is NC(=O)c1ccc(-n2nnc3ccccc32)cc1. The van der Waals surface area contributed by atoms with Crippen molar-refractivity contribution in [1.82, 2.24) is 15.0 Å². The summed E-state index contributed by atoms with van der Waals surface area (Å²) >= 11 is 0. The molecule has 0 aliphatic rings. The molecule has 0 unspecified atom stereocenters. The first kappa shape index (κ1) is 10.5. The lowest BCUT2D eigenvalue weighted by molar-refractivity contribution is 0.100. The maximum atomic E-state index is 11.0. The molecule has 0 aliphatic heterocycles. The molecule has 1 amide bonds. The smallest absolute Gasteiger partial charge is 0.248 e. The predicted molar refractivity (Wildman–Crippen MR) is 67.4 cm³/mol. The summed E-state index contributed by atoms with van der Waals surface area (Å²) < 4.78 is 1.72. The van der Waals surface area contributed by atoms with Gasteiger partial charge in [0, 0.05) is 5.56 Å². The molecule has 18 heavy (non-hydrogen) atoms. The van der Waals surface area contributed by atoms with E-state index in [1.807, 2.05) is 24.3 Å². The van der Waals surface area contributed by atoms with Gasteiger partial charge in [0.25, 0.3) is 0 Å². The van der Waals surface area contributed by atoms with Crippen LogP contribution in [0.2, 0.25) is 0 Å². The molecule has 0 radical (unpaired) electrons. The molecule has 0 aliphatic carbocycles. The topological polar surface area (TPSA) is 73.8 Å². The van der Waals surface area contributed by atoms with Gasteiger partial charge in [-0.15, -0.1) is 5.10 Å². The summed E-state index contributed by atoms with van der Waals surface area (Å²) in [5.41, 5.74) is 8.27. The fraction of sp³-hybridized carbons (Fsp3) is 0. The van der Waals surface area contributed by atoms with Gasteiger partial charge in [-0.05, 0) is 36.4 Å². The maximum absolute atomic E-state index is 11.0. The molecular weight excluding hydrogens is 228 g/mol. The second kappa shape index (κ2) is 3.96. The van der Waals surface area contributed by atoms with Crippen molar-refractivity contribution in [3.8, 4) is 5.69 Å². The molecule has 0 bridgehead atoms. The number of hydrogen-bond acceptors (Lipinski definition) is 3. The van der Waals surface area contributed by atoms with Crippen LogP contribution in [-0.2, 0) is 0 Å². The number of rotatable bonds is 2. The van der Waals surface area contributed by atoms with Gasteiger partial charge in [0.05, 0.1) is 11.2 Å². The summed E-state index contributed by atoms with van der Waals surface area (Å²) in [4.78, 5) is 11.0. The molecule has 5 nitrogen and oxygen atoms in total. The quantitative estimate of drug-likeness (QED) is 0.735. The Labute approximate surface area is 103 Å². The van der Waals surface area contributed by atoms with Gasteiger partial charge in [-0.2, -0.15) is 0 Å². The number of aromatic nitrogens is 3. The molecule has 2 aromatic carbocycles. The first-order valence-electron chi connectivity index (χ1n) is 5.46. The van der Waals surface area contributed by atoms with E-state index in [4.69, 9.17) is 5.73 Å². The summed E-state index contributed by atoms with van der Waals surface area (Å²) in [7, 11) is 0. The minimum absolute atomic E-state index is 0.440. The molecule has 3 rings (SSSR count). The lowest BCUT2D eigenvalue weighted by Gasteiger charge is -2.02. The summed E-state index contributed by atoms with van der Waals surface area (Å²) in [6, 6.07) is 14.6. The van der Waals surface area contributed by atoms with E-state index in [0.29, 0.717) is 5.56 Å². The third kappa shape index (κ3) is 1.62. The first-order chi connectivity index (χ1) is 8.75. The highest BCUT2D eigenvalue weighted by Gasteiger charge is 2.06. The Morgan fingerprint density at radius 1 is 1.06 bits per heavy atom. The Morgan fingerprint density at radius 2 is 1.78 bits per heavy atom. The minimum atomic E-state index is -0.440. The van der Waals surface area contributed by atoms with E-state index in [0.717, 1.165) is 16.7 Å². The predicted octanol–water partition coefficient (Wildman–Crippen LogP) is 1.52. The maximum Gasteiger partial charge on any atom is 0.248 e. The van der Waals surface area contributed by atoms with Gasteiger partial charge < -0.3 is 5.73 Å². The molecular formula is C13H10N4O. The second-order valence-corrected chi connectivity index (χ2v) is 3.90. The van der Waals surface area contributed by atoms with E-state index in [2.05, 4.69) is 10.3 Å². The van der Waals surface area contributed by atoms with Crippen LogP contribution >= 0.6 is 0 Å². The van der Waals surface area contributed by atoms with Crippen LogP contribution in [0.3, 0.4) is 0 Å². The van der Waals surface area contributed by atoms with Gasteiger partial charge in [0.2, 0.25) is 5.91 Å². The summed E-state index contributed by atoms with van der Waals surface area (Å²) in [5, 5.41) is 8.16. The van der Waals surface area contributed by atoms with Gasteiger partial charge in [-0.25, -0.2) is 4.68 Å². The molecule has 0 fully saturated rings. The van der Waals surface area contributed by atoms with Crippen LogP contribution in [0.5, 0.6) is 0 Å². The lowest BCUT2D eigenvalue weighted by Crippen LogP contribution is -2.10. The molecule has 88 valence electrons. The van der Waals surface area contributed by atoms with Crippen LogP contribution in [0, 0.1) is 0 Å². The largest absolute Gasteiger partial charge is 0.366 e. The minimum Gasteiger partial charge on any atom is -0.366 e. The van der Waals surface area contributed by atoms with E-state index in [-0.39, 0.29) is 0 Å². The molecule has 0 saturated heterocycles. The Hall–Kier alpha value is -2.69. The number of carbonyl (C=O) groups is 1. The average molecular weight is 238 g/mol. The Morgan fingerprint density at radius 3 is 2.50 bits per heavy atom. The number of hydrogen-bond donors (Lipinski definition) is 1. The molecule has 0 atom stereocenters. The van der Waals surface area contributed by atoms with E-state index in [1.54, 1.807) is 28.9 Å². The number of benzene rings is 2. The van der Waals surface area contributed by atoms with Crippen molar-refractivity contribution in [2.45, 2.75) is 0 Å². The van der Waals surface area contributed by atoms with Crippen LogP contribution in [0.4, 0.5) is 0 Å². The zero-order chi connectivity index (χ0) is 12.5. The van der Waals surface area contributed by atoms with Gasteiger partial charge in [0.15, 0.2) is 0 Å². The number of primary amides is 1. The van der Waals surface area contributed by atoms with Gasteiger partial charge in [-0.3, -0.25) is 4.79 Å². The van der Waals surface area contributed by atoms with Crippen molar-refractivity contribution >= 4 is 16.9 Å². The van der Waals surface area contributed by atoms with Gasteiger partial charge >= 0.3 is 0 Å². The van der Waals surface area contributed by atoms with Crippen LogP contribution in [0.15, 0.2) is 48.5 Å². The number of amides is 1. The third-order valence-corrected chi connectivity index (χ3v) is 2.75. The molecule has 0 spiro atoms. The standard InChI is InChI=1S/C13H10N4O/c14-13(18)9-5-7-10(8-6-9)17-12-4-2-1-3-11(12)15-16-17/h1-8H,(H2,14,18). The average Bonchev–Trinajstić information content (AvgIpc) is 2.82. The van der Waals surface area contributed by atoms with E-state index >= 15 is 0 Å². The zero-order valence-electron chi connectivity index (χ0n) is 9.45. The molecule has 3 aromatic rings. The number of fused-ring (bicyclic) bond motifs is 1. The fourth-order valence-electron chi connectivity index (χ4n) is 1.83. The Balaban J connectivity index is 2.12. The van der Waals surface area contributed by atoms with Gasteiger partial charge in [0.1, 0.15) is 5.52 Å². The van der Waals surface area contributed by atoms with E-state index < -0.39 is 5.91 Å². The Kier molecular flexibility index (Phi) is 2.30. The highest BCUT2D eigenvalue weighted by Crippen LogP contribution is 2.16. The van der Waals surface area contributed by atoms with Crippen molar-refractivity contribution in [3.63, 3.8) is 0 Å². The number of nitrogens with two attached hydrogens (primary N) is 1. The third-order valence-electron chi connectivity index (χ3n) is 2.75. The monoisotopic (exact) mass is 238 g/mol. The second-order valence-electron chi connectivity index (χ2n) is 3.90. The number of nitrogens with zero attached hydrogens (tertiary/aromatic N) is 3. The highest BCUT2D eigenvalue weighted by atomic mass is 16.1. The highest BCUT2D eigenvalue weighted by molar-refractivity contribution is 5.93. The van der Waals surface area contributed by atoms with Crippen LogP contribution in [-0.4, -0.2) is 20.9 Å². The fourth-order valence-corrected chi connectivity index (χ4v) is 1.83. The first-order valence-corrected chi connectivity index (χ1v) is 5.46. The van der Waals surface area contributed by atoms with Crippen molar-refractivity contribution in [3.05, 3.63) is 54.1 Å². The van der Waals surface area contributed by atoms with Crippen molar-refractivity contribution < 1.29 is 4.79 Å². The summed E-state index contributed by atoms with van der Waals surface area (Å²) in [5.74, 6) is -0.440. The lowest BCUT2D eigenvalue weighted by atomic mass is 10.2. The summed E-state index contributed by atoms with van der Waals surface area (Å²) in [6.07, 6.45) is 0. The van der Waals surface area contributed by atoms with E-state index in [9.17, 15) is 4.79 Å². The summed E-state index contributed by atoms with van der Waals surface area (Å²) in [6.45, 7) is 0. The molecule has 1 heterocycles. The van der Waals surface area contributed by atoms with Crippen molar-refractivity contribution in [1.29, 1.82) is 0 Å². The molecule has 0 saturated carbocycles. The van der Waals surface area contributed by atoms with Crippen LogP contribution < -0.4 is 5.73 Å². The van der Waals surface area contributed by atoms with Crippen LogP contribution in [0.1, 0.15) is 10.4 Å². The molecule has 5 heteroatoms. The number of para-hydroxylation sites is 1. The molecule has 1 aromatic heterocycles. The number of carbonyl (C=O) groups excluding carboxylic acids is 1.